The number of aliphatic hydroxyl groups excluding tert-OH is 1. The van der Waals surface area contributed by atoms with Crippen molar-refractivity contribution in [2.24, 2.45) is 16.6 Å². The van der Waals surface area contributed by atoms with E-state index in [2.05, 4.69) is 4.99 Å². The van der Waals surface area contributed by atoms with Gasteiger partial charge in [0.2, 0.25) is 15.9 Å². The summed E-state index contributed by atoms with van der Waals surface area (Å²) >= 11 is 0. The average molecular weight is 483 g/mol. The van der Waals surface area contributed by atoms with Crippen LogP contribution in [0.1, 0.15) is 25.8 Å². The number of amidine groups is 1. The summed E-state index contributed by atoms with van der Waals surface area (Å²) in [6.07, 6.45) is 2.11. The third kappa shape index (κ3) is 4.64. The van der Waals surface area contributed by atoms with E-state index >= 15 is 0 Å². The predicted octanol–water partition coefficient (Wildman–Crippen LogP) is 2.61. The second-order valence-electron chi connectivity index (χ2n) is 8.60. The molecule has 0 bridgehead atoms. The fraction of sp³-hybridized carbons (Fsp3) is 0.360. The van der Waals surface area contributed by atoms with Gasteiger partial charge in [0, 0.05) is 56.3 Å². The zero-order valence-electron chi connectivity index (χ0n) is 19.4. The number of carbonyl (C=O) groups is 1. The van der Waals surface area contributed by atoms with Gasteiger partial charge in [-0.3, -0.25) is 4.79 Å². The van der Waals surface area contributed by atoms with Gasteiger partial charge in [-0.2, -0.15) is 4.31 Å². The van der Waals surface area contributed by atoms with Gasteiger partial charge in [-0.05, 0) is 49.2 Å². The van der Waals surface area contributed by atoms with Gasteiger partial charge in [0.15, 0.2) is 0 Å². The van der Waals surface area contributed by atoms with Crippen molar-refractivity contribution in [3.63, 3.8) is 0 Å². The molecule has 1 amide bonds. The van der Waals surface area contributed by atoms with Crippen molar-refractivity contribution in [2.75, 3.05) is 32.8 Å². The molecule has 8 nitrogen and oxygen atoms in total. The lowest BCUT2D eigenvalue weighted by Gasteiger charge is -2.36. The molecule has 2 aromatic carbocycles. The molecule has 9 heteroatoms. The second-order valence-corrected chi connectivity index (χ2v) is 10.5. The van der Waals surface area contributed by atoms with Crippen molar-refractivity contribution in [3.05, 3.63) is 53.6 Å². The molecule has 2 aromatic rings. The summed E-state index contributed by atoms with van der Waals surface area (Å²) < 4.78 is 27.3. The number of sulfonamides is 1. The molecule has 2 aliphatic rings. The zero-order chi connectivity index (χ0) is 24.5. The van der Waals surface area contributed by atoms with E-state index in [1.165, 1.54) is 4.31 Å². The average Bonchev–Trinajstić information content (AvgIpc) is 2.96. The molecule has 3 N–H and O–H groups in total. The number of fused-ring (bicyclic) bond motifs is 1. The lowest BCUT2D eigenvalue weighted by atomic mass is 10.0. The Labute approximate surface area is 200 Å². The van der Waals surface area contributed by atoms with E-state index in [9.17, 15) is 18.3 Å². The number of carbonyl (C=O) groups excluding carboxylic acids is 1. The molecule has 180 valence electrons. The van der Waals surface area contributed by atoms with E-state index in [4.69, 9.17) is 5.73 Å². The molecule has 4 rings (SSSR count). The van der Waals surface area contributed by atoms with Gasteiger partial charge in [0.1, 0.15) is 5.84 Å². The fourth-order valence-corrected chi connectivity index (χ4v) is 5.88. The zero-order valence-corrected chi connectivity index (χ0v) is 20.3. The monoisotopic (exact) mass is 482 g/mol. The van der Waals surface area contributed by atoms with Crippen LogP contribution in [0.15, 0.2) is 57.9 Å². The normalized spacial score (nSPS) is 16.7. The standard InChI is InChI=1S/C25H30N4O4S/c1-3-28(4-2)25(31)21-10-20-9-8-19(12-23(20)27-24(26)13-21)18-6-5-7-22(11-18)34(32,33)29-14-17(15-29)16-30/h5-12,17,30H,3-4,13-16H2,1-2H3,(H2,26,27). The predicted molar refractivity (Wildman–Crippen MR) is 133 cm³/mol. The van der Waals surface area contributed by atoms with Crippen LogP contribution >= 0.6 is 0 Å². The number of aliphatic hydroxyl groups is 1. The van der Waals surface area contributed by atoms with Crippen LogP contribution in [0.5, 0.6) is 0 Å². The van der Waals surface area contributed by atoms with Gasteiger partial charge < -0.3 is 15.7 Å². The van der Waals surface area contributed by atoms with Gasteiger partial charge in [0.25, 0.3) is 0 Å². The minimum absolute atomic E-state index is 0.00239. The summed E-state index contributed by atoms with van der Waals surface area (Å²) in [4.78, 5) is 19.4. The summed E-state index contributed by atoms with van der Waals surface area (Å²) in [5, 5.41) is 9.20. The lowest BCUT2D eigenvalue weighted by molar-refractivity contribution is -0.126. The molecule has 2 heterocycles. The molecule has 0 aliphatic carbocycles. The summed E-state index contributed by atoms with van der Waals surface area (Å²) in [5.41, 5.74) is 9.71. The molecule has 1 fully saturated rings. The Hall–Kier alpha value is -3.01. The summed E-state index contributed by atoms with van der Waals surface area (Å²) in [5.74, 6) is 0.306. The van der Waals surface area contributed by atoms with Gasteiger partial charge in [-0.1, -0.05) is 24.3 Å². The van der Waals surface area contributed by atoms with Crippen molar-refractivity contribution in [3.8, 4) is 11.1 Å². The van der Waals surface area contributed by atoms with Crippen molar-refractivity contribution in [1.29, 1.82) is 0 Å². The van der Waals surface area contributed by atoms with Crippen molar-refractivity contribution >= 4 is 33.5 Å². The maximum absolute atomic E-state index is 12.9. The quantitative estimate of drug-likeness (QED) is 0.629. The van der Waals surface area contributed by atoms with Gasteiger partial charge >= 0.3 is 0 Å². The van der Waals surface area contributed by atoms with Crippen molar-refractivity contribution in [2.45, 2.75) is 25.2 Å². The number of nitrogens with two attached hydrogens (primary N) is 1. The van der Waals surface area contributed by atoms with Crippen LogP contribution in [0.4, 0.5) is 5.69 Å². The number of aliphatic imine (C=N–C) groups is 1. The number of nitrogens with zero attached hydrogens (tertiary/aromatic N) is 3. The molecule has 0 radical (unpaired) electrons. The van der Waals surface area contributed by atoms with Crippen LogP contribution in [0, 0.1) is 5.92 Å². The van der Waals surface area contributed by atoms with Gasteiger partial charge in [0.05, 0.1) is 10.6 Å². The SMILES string of the molecule is CCN(CC)C(=O)C1=Cc2ccc(-c3cccc(S(=O)(=O)N4CC(CO)C4)c3)cc2N=C(N)C1. The first-order valence-corrected chi connectivity index (χ1v) is 12.9. The van der Waals surface area contributed by atoms with E-state index in [0.29, 0.717) is 43.3 Å². The molecular formula is C25H30N4O4S. The Balaban J connectivity index is 1.66. The number of hydrogen-bond donors (Lipinski definition) is 2. The van der Waals surface area contributed by atoms with Crippen LogP contribution in [0.2, 0.25) is 0 Å². The van der Waals surface area contributed by atoms with E-state index in [1.807, 2.05) is 44.2 Å². The highest BCUT2D eigenvalue weighted by Crippen LogP contribution is 2.33. The van der Waals surface area contributed by atoms with Crippen LogP contribution in [0.3, 0.4) is 0 Å². The second kappa shape index (κ2) is 9.69. The molecule has 0 saturated carbocycles. The van der Waals surface area contributed by atoms with E-state index in [1.54, 1.807) is 23.1 Å². The number of hydrogen-bond acceptors (Lipinski definition) is 6. The number of amides is 1. The molecule has 0 atom stereocenters. The van der Waals surface area contributed by atoms with E-state index in [-0.39, 0.29) is 29.7 Å². The van der Waals surface area contributed by atoms with E-state index < -0.39 is 10.0 Å². The Bertz CT molecular complexity index is 1260. The van der Waals surface area contributed by atoms with Crippen LogP contribution in [0.25, 0.3) is 17.2 Å². The minimum Gasteiger partial charge on any atom is -0.396 e. The molecule has 2 aliphatic heterocycles. The third-order valence-electron chi connectivity index (χ3n) is 6.31. The first-order chi connectivity index (χ1) is 16.3. The van der Waals surface area contributed by atoms with Crippen LogP contribution < -0.4 is 5.73 Å². The molecule has 0 aromatic heterocycles. The summed E-state index contributed by atoms with van der Waals surface area (Å²) in [7, 11) is -3.61. The number of rotatable bonds is 7. The maximum atomic E-state index is 12.9. The minimum atomic E-state index is -3.61. The third-order valence-corrected chi connectivity index (χ3v) is 8.14. The lowest BCUT2D eigenvalue weighted by Crippen LogP contribution is -2.51. The molecule has 34 heavy (non-hydrogen) atoms. The Kier molecular flexibility index (Phi) is 6.88. The van der Waals surface area contributed by atoms with Gasteiger partial charge in [-0.25, -0.2) is 13.4 Å². The molecule has 0 unspecified atom stereocenters. The van der Waals surface area contributed by atoms with Gasteiger partial charge in [-0.15, -0.1) is 0 Å². The summed E-state index contributed by atoms with van der Waals surface area (Å²) in [6, 6.07) is 12.4. The smallest absolute Gasteiger partial charge is 0.250 e. The largest absolute Gasteiger partial charge is 0.396 e. The van der Waals surface area contributed by atoms with Crippen LogP contribution in [-0.4, -0.2) is 67.3 Å². The van der Waals surface area contributed by atoms with Crippen molar-refractivity contribution in [1.82, 2.24) is 9.21 Å². The molecular weight excluding hydrogens is 452 g/mol. The highest BCUT2D eigenvalue weighted by atomic mass is 32.2. The highest BCUT2D eigenvalue weighted by molar-refractivity contribution is 7.89. The molecule has 0 spiro atoms. The molecule has 1 saturated heterocycles. The number of benzene rings is 2. The Morgan fingerprint density at radius 1 is 1.15 bits per heavy atom. The van der Waals surface area contributed by atoms with Crippen molar-refractivity contribution < 1.29 is 18.3 Å². The number of likely N-dealkylation sites (N-methyl/N-ethyl adjacent to an activating group) is 1. The highest BCUT2D eigenvalue weighted by Gasteiger charge is 2.36. The first kappa shape index (κ1) is 24.1. The Morgan fingerprint density at radius 2 is 1.85 bits per heavy atom. The van der Waals surface area contributed by atoms with Crippen LogP contribution in [-0.2, 0) is 14.8 Å². The maximum Gasteiger partial charge on any atom is 0.250 e. The summed E-state index contributed by atoms with van der Waals surface area (Å²) in [6.45, 7) is 5.77. The first-order valence-electron chi connectivity index (χ1n) is 11.4. The Morgan fingerprint density at radius 3 is 2.53 bits per heavy atom. The topological polar surface area (TPSA) is 116 Å². The fourth-order valence-electron chi connectivity index (χ4n) is 4.24. The van der Waals surface area contributed by atoms with E-state index in [0.717, 1.165) is 16.7 Å².